The van der Waals surface area contributed by atoms with Gasteiger partial charge in [-0.3, -0.25) is 14.9 Å². The number of alkyl halides is 3. The summed E-state index contributed by atoms with van der Waals surface area (Å²) in [6.07, 6.45) is -4.90. The van der Waals surface area contributed by atoms with E-state index in [0.29, 0.717) is 18.0 Å². The van der Waals surface area contributed by atoms with E-state index in [1.807, 2.05) is 0 Å². The van der Waals surface area contributed by atoms with Crippen LogP contribution in [0.2, 0.25) is 0 Å². The van der Waals surface area contributed by atoms with Crippen molar-refractivity contribution in [1.29, 1.82) is 0 Å². The number of aromatic nitrogens is 4. The monoisotopic (exact) mass is 453 g/mol. The zero-order valence-electron chi connectivity index (χ0n) is 16.4. The molecule has 1 amide bonds. The third-order valence-corrected chi connectivity index (χ3v) is 4.27. The Bertz CT molecular complexity index is 1160. The van der Waals surface area contributed by atoms with Crippen LogP contribution in [0.3, 0.4) is 0 Å². The molecule has 1 heterocycles. The van der Waals surface area contributed by atoms with Gasteiger partial charge in [0, 0.05) is 24.7 Å². The summed E-state index contributed by atoms with van der Waals surface area (Å²) in [5.74, 6) is -0.803. The minimum Gasteiger partial charge on any atom is -0.379 e. The maximum absolute atomic E-state index is 14.1. The van der Waals surface area contributed by atoms with Crippen LogP contribution in [0.5, 0.6) is 0 Å². The van der Waals surface area contributed by atoms with E-state index >= 15 is 0 Å². The van der Waals surface area contributed by atoms with E-state index in [2.05, 4.69) is 26.2 Å². The Morgan fingerprint density at radius 3 is 2.59 bits per heavy atom. The Kier molecular flexibility index (Phi) is 6.32. The van der Waals surface area contributed by atoms with E-state index in [1.165, 1.54) is 12.1 Å². The summed E-state index contributed by atoms with van der Waals surface area (Å²) in [6, 6.07) is 5.82. The number of hydrogen-bond donors (Lipinski definition) is 2. The van der Waals surface area contributed by atoms with Crippen molar-refractivity contribution in [1.82, 2.24) is 20.2 Å². The molecule has 0 saturated heterocycles. The first-order valence-electron chi connectivity index (χ1n) is 9.00. The smallest absolute Gasteiger partial charge is 0.379 e. The molecule has 0 bridgehead atoms. The van der Waals surface area contributed by atoms with E-state index in [4.69, 9.17) is 0 Å². The van der Waals surface area contributed by atoms with E-state index in [0.717, 1.165) is 16.8 Å². The summed E-state index contributed by atoms with van der Waals surface area (Å²) in [4.78, 5) is 22.3. The van der Waals surface area contributed by atoms with Crippen LogP contribution < -0.4 is 10.6 Å². The molecule has 0 aliphatic heterocycles. The number of nitro groups is 1. The predicted octanol–water partition coefficient (Wildman–Crippen LogP) is 3.48. The number of aryl methyl sites for hydroxylation is 1. The zero-order chi connectivity index (χ0) is 23.5. The molecule has 168 valence electrons. The van der Waals surface area contributed by atoms with Gasteiger partial charge in [0.25, 0.3) is 5.69 Å². The Morgan fingerprint density at radius 2 is 1.97 bits per heavy atom. The van der Waals surface area contributed by atoms with Crippen molar-refractivity contribution in [3.8, 4) is 5.69 Å². The molecule has 0 unspecified atom stereocenters. The van der Waals surface area contributed by atoms with Gasteiger partial charge in [0.2, 0.25) is 5.91 Å². The molecule has 3 aromatic rings. The molecule has 0 fully saturated rings. The number of halogens is 4. The molecule has 1 aromatic heterocycles. The van der Waals surface area contributed by atoms with Crippen molar-refractivity contribution >= 4 is 23.0 Å². The standard InChI is InChI=1S/C18H15F4N7O3/c1-10-25-26-27-28(10)15-9-12(3-4-13(15)19)24-17(30)6-7-23-14-5-2-11(18(20,21)22)8-16(14)29(31)32/h2-5,8-9,23H,6-7H2,1H3,(H,24,30). The van der Waals surface area contributed by atoms with Crippen LogP contribution in [-0.4, -0.2) is 37.6 Å². The SMILES string of the molecule is Cc1nnnn1-c1cc(NC(=O)CCNc2ccc(C(F)(F)F)cc2[N+](=O)[O-])ccc1F. The van der Waals surface area contributed by atoms with Crippen molar-refractivity contribution in [2.45, 2.75) is 19.5 Å². The number of carbonyl (C=O) groups excluding carboxylic acids is 1. The summed E-state index contributed by atoms with van der Waals surface area (Å²) in [5, 5.41) is 27.0. The first-order valence-corrected chi connectivity index (χ1v) is 9.00. The van der Waals surface area contributed by atoms with Crippen LogP contribution in [-0.2, 0) is 11.0 Å². The molecule has 14 heteroatoms. The number of amides is 1. The number of carbonyl (C=O) groups is 1. The molecule has 0 spiro atoms. The topological polar surface area (TPSA) is 128 Å². The third-order valence-electron chi connectivity index (χ3n) is 4.27. The quantitative estimate of drug-likeness (QED) is 0.318. The van der Waals surface area contributed by atoms with Gasteiger partial charge in [0.15, 0.2) is 5.82 Å². The van der Waals surface area contributed by atoms with Crippen molar-refractivity contribution < 1.29 is 27.3 Å². The van der Waals surface area contributed by atoms with Gasteiger partial charge in [-0.1, -0.05) is 0 Å². The van der Waals surface area contributed by atoms with Gasteiger partial charge in [-0.2, -0.15) is 17.9 Å². The van der Waals surface area contributed by atoms with Crippen LogP contribution >= 0.6 is 0 Å². The maximum Gasteiger partial charge on any atom is 0.416 e. The van der Waals surface area contributed by atoms with Crippen molar-refractivity contribution in [3.63, 3.8) is 0 Å². The first-order chi connectivity index (χ1) is 15.1. The normalized spacial score (nSPS) is 11.3. The van der Waals surface area contributed by atoms with Crippen molar-refractivity contribution in [2.75, 3.05) is 17.2 Å². The third kappa shape index (κ3) is 5.14. The minimum absolute atomic E-state index is 0.0174. The summed E-state index contributed by atoms with van der Waals surface area (Å²) >= 11 is 0. The van der Waals surface area contributed by atoms with Gasteiger partial charge in [0.05, 0.1) is 10.5 Å². The number of hydrogen-bond acceptors (Lipinski definition) is 7. The van der Waals surface area contributed by atoms with Crippen molar-refractivity contribution in [2.24, 2.45) is 0 Å². The van der Waals surface area contributed by atoms with E-state index in [-0.39, 0.29) is 30.0 Å². The van der Waals surface area contributed by atoms with Crippen LogP contribution in [0.25, 0.3) is 5.69 Å². The molecular weight excluding hydrogens is 438 g/mol. The van der Waals surface area contributed by atoms with Gasteiger partial charge in [-0.15, -0.1) is 5.10 Å². The van der Waals surface area contributed by atoms with Crippen LogP contribution in [0.15, 0.2) is 36.4 Å². The number of benzene rings is 2. The lowest BCUT2D eigenvalue weighted by atomic mass is 10.1. The van der Waals surface area contributed by atoms with Gasteiger partial charge in [-0.05, 0) is 47.7 Å². The average molecular weight is 453 g/mol. The van der Waals surface area contributed by atoms with Gasteiger partial charge in [0.1, 0.15) is 17.2 Å². The Labute approximate surface area is 177 Å². The molecule has 0 atom stereocenters. The van der Waals surface area contributed by atoms with Crippen LogP contribution in [0, 0.1) is 22.9 Å². The second-order valence-electron chi connectivity index (χ2n) is 6.52. The highest BCUT2D eigenvalue weighted by Crippen LogP contribution is 2.34. The minimum atomic E-state index is -4.72. The number of rotatable bonds is 7. The molecule has 2 N–H and O–H groups in total. The van der Waals surface area contributed by atoms with E-state index in [9.17, 15) is 32.5 Å². The summed E-state index contributed by atoms with van der Waals surface area (Å²) < 4.78 is 53.5. The van der Waals surface area contributed by atoms with Gasteiger partial charge in [-0.25, -0.2) is 4.39 Å². The molecule has 3 rings (SSSR count). The maximum atomic E-state index is 14.1. The fourth-order valence-corrected chi connectivity index (χ4v) is 2.75. The molecule has 32 heavy (non-hydrogen) atoms. The predicted molar refractivity (Wildman–Crippen MR) is 104 cm³/mol. The summed E-state index contributed by atoms with van der Waals surface area (Å²) in [7, 11) is 0. The fraction of sp³-hybridized carbons (Fsp3) is 0.222. The van der Waals surface area contributed by atoms with E-state index in [1.54, 1.807) is 6.92 Å². The molecule has 0 saturated carbocycles. The Morgan fingerprint density at radius 1 is 1.22 bits per heavy atom. The second kappa shape index (κ2) is 8.95. The lowest BCUT2D eigenvalue weighted by molar-refractivity contribution is -0.384. The highest BCUT2D eigenvalue weighted by molar-refractivity contribution is 5.91. The van der Waals surface area contributed by atoms with E-state index < -0.39 is 34.1 Å². The summed E-state index contributed by atoms with van der Waals surface area (Å²) in [5.41, 5.74) is -1.81. The molecular formula is C18H15F4N7O3. The highest BCUT2D eigenvalue weighted by Gasteiger charge is 2.33. The summed E-state index contributed by atoms with van der Waals surface area (Å²) in [6.45, 7) is 1.47. The van der Waals surface area contributed by atoms with Gasteiger partial charge < -0.3 is 10.6 Å². The fourth-order valence-electron chi connectivity index (χ4n) is 2.75. The molecule has 10 nitrogen and oxygen atoms in total. The Hall–Kier alpha value is -4.10. The highest BCUT2D eigenvalue weighted by atomic mass is 19.4. The zero-order valence-corrected chi connectivity index (χ0v) is 16.4. The molecule has 0 aliphatic carbocycles. The van der Waals surface area contributed by atoms with Gasteiger partial charge >= 0.3 is 6.18 Å². The number of nitro benzene ring substituents is 1. The number of nitrogens with one attached hydrogen (secondary N) is 2. The average Bonchev–Trinajstić information content (AvgIpc) is 3.14. The second-order valence-corrected chi connectivity index (χ2v) is 6.52. The number of tetrazole rings is 1. The molecule has 0 aliphatic rings. The Balaban J connectivity index is 1.64. The lowest BCUT2D eigenvalue weighted by Gasteiger charge is -2.11. The first kappa shape index (κ1) is 22.6. The van der Waals surface area contributed by atoms with Crippen LogP contribution in [0.4, 0.5) is 34.6 Å². The lowest BCUT2D eigenvalue weighted by Crippen LogP contribution is -2.17. The number of anilines is 2. The van der Waals surface area contributed by atoms with Crippen LogP contribution in [0.1, 0.15) is 17.8 Å². The van der Waals surface area contributed by atoms with Crippen molar-refractivity contribution in [3.05, 3.63) is 63.7 Å². The number of nitrogens with zero attached hydrogens (tertiary/aromatic N) is 5. The molecule has 2 aromatic carbocycles. The largest absolute Gasteiger partial charge is 0.416 e. The molecule has 0 radical (unpaired) electrons.